The minimum atomic E-state index is 0.193. The van der Waals surface area contributed by atoms with Crippen LogP contribution in [0.3, 0.4) is 0 Å². The maximum absolute atomic E-state index is 2.50. The number of hydrogen-bond acceptors (Lipinski definition) is 0. The molecule has 0 nitrogen and oxygen atoms in total. The molecule has 0 aliphatic heterocycles. The van der Waals surface area contributed by atoms with Gasteiger partial charge >= 0.3 is 0 Å². The number of hydrogen-bond donors (Lipinski definition) is 0. The van der Waals surface area contributed by atoms with Gasteiger partial charge in [0.25, 0.3) is 0 Å². The lowest BCUT2D eigenvalue weighted by molar-refractivity contribution is -0.0355. The van der Waals surface area contributed by atoms with E-state index in [4.69, 9.17) is 0 Å². The molecule has 0 saturated carbocycles. The fraction of sp³-hybridized carbons (Fsp3) is 0.769. The predicted molar refractivity (Wildman–Crippen MR) is 119 cm³/mol. The van der Waals surface area contributed by atoms with Crippen LogP contribution in [-0.2, 0) is 6.42 Å². The quantitative estimate of drug-likeness (QED) is 0.495. The first kappa shape index (κ1) is 23.3. The van der Waals surface area contributed by atoms with Gasteiger partial charge in [-0.2, -0.15) is 0 Å². The standard InChI is InChI=1S/C26H46/c1-18(2)25(11,12)17-21-14-19(3)15-22(16-21)20(4)26(13,23(5,6)7)24(8,9)10/h14-16,18,20H,17H2,1-13H3. The summed E-state index contributed by atoms with van der Waals surface area (Å²) < 4.78 is 0. The molecule has 0 radical (unpaired) electrons. The predicted octanol–water partition coefficient (Wildman–Crippen LogP) is 8.42. The lowest BCUT2D eigenvalue weighted by Gasteiger charge is -2.55. The zero-order chi connectivity index (χ0) is 20.7. The number of rotatable bonds is 5. The SMILES string of the molecule is Cc1cc(CC(C)(C)C(C)C)cc(C(C)C(C)(C(C)(C)C)C(C)(C)C)c1. The maximum Gasteiger partial charge on any atom is -0.0126 e. The van der Waals surface area contributed by atoms with Crippen LogP contribution < -0.4 is 0 Å². The summed E-state index contributed by atoms with van der Waals surface area (Å²) in [5.41, 5.74) is 5.37. The van der Waals surface area contributed by atoms with Gasteiger partial charge in [-0.05, 0) is 58.0 Å². The molecule has 150 valence electrons. The van der Waals surface area contributed by atoms with Gasteiger partial charge in [-0.15, -0.1) is 0 Å². The molecule has 0 spiro atoms. The van der Waals surface area contributed by atoms with Crippen LogP contribution in [0.4, 0.5) is 0 Å². The van der Waals surface area contributed by atoms with E-state index in [9.17, 15) is 0 Å². The largest absolute Gasteiger partial charge is 0.0623 e. The molecule has 0 heterocycles. The second-order valence-corrected chi connectivity index (χ2v) is 12.0. The molecule has 1 aromatic rings. The first-order chi connectivity index (χ1) is 11.4. The van der Waals surface area contributed by atoms with Crippen LogP contribution in [0.2, 0.25) is 0 Å². The molecule has 0 bridgehead atoms. The Bertz CT molecular complexity index is 588. The van der Waals surface area contributed by atoms with Gasteiger partial charge in [0.15, 0.2) is 0 Å². The molecule has 1 atom stereocenters. The molecule has 0 heteroatoms. The average molecular weight is 359 g/mol. The van der Waals surface area contributed by atoms with Gasteiger partial charge < -0.3 is 0 Å². The minimum absolute atomic E-state index is 0.193. The van der Waals surface area contributed by atoms with E-state index < -0.39 is 0 Å². The van der Waals surface area contributed by atoms with Crippen LogP contribution in [0.25, 0.3) is 0 Å². The smallest absolute Gasteiger partial charge is 0.0126 e. The molecule has 26 heavy (non-hydrogen) atoms. The summed E-state index contributed by atoms with van der Waals surface area (Å²) in [5.74, 6) is 1.18. The van der Waals surface area contributed by atoms with Gasteiger partial charge in [0.05, 0.1) is 0 Å². The molecular weight excluding hydrogens is 312 g/mol. The van der Waals surface area contributed by atoms with Gasteiger partial charge in [0, 0.05) is 0 Å². The van der Waals surface area contributed by atoms with E-state index in [1.54, 1.807) is 0 Å². The lowest BCUT2D eigenvalue weighted by atomic mass is 9.49. The van der Waals surface area contributed by atoms with Crippen molar-refractivity contribution in [1.29, 1.82) is 0 Å². The molecule has 0 aliphatic carbocycles. The zero-order valence-electron chi connectivity index (χ0n) is 20.1. The molecule has 0 fully saturated rings. The number of aryl methyl sites for hydroxylation is 1. The summed E-state index contributed by atoms with van der Waals surface area (Å²) >= 11 is 0. The third-order valence-electron chi connectivity index (χ3n) is 7.86. The summed E-state index contributed by atoms with van der Waals surface area (Å²) in [6, 6.07) is 7.32. The second-order valence-electron chi connectivity index (χ2n) is 12.0. The highest BCUT2D eigenvalue weighted by molar-refractivity contribution is 5.34. The molecule has 1 unspecified atom stereocenters. The Morgan fingerprint density at radius 2 is 1.19 bits per heavy atom. The second kappa shape index (κ2) is 7.33. The fourth-order valence-corrected chi connectivity index (χ4v) is 4.73. The van der Waals surface area contributed by atoms with Crippen LogP contribution >= 0.6 is 0 Å². The van der Waals surface area contributed by atoms with E-state index in [1.807, 2.05) is 0 Å². The Labute approximate surface area is 165 Å². The zero-order valence-corrected chi connectivity index (χ0v) is 20.1. The van der Waals surface area contributed by atoms with E-state index in [0.29, 0.717) is 17.3 Å². The third kappa shape index (κ3) is 4.55. The van der Waals surface area contributed by atoms with Gasteiger partial charge in [0.2, 0.25) is 0 Å². The van der Waals surface area contributed by atoms with Crippen molar-refractivity contribution in [3.63, 3.8) is 0 Å². The normalized spacial score (nSPS) is 15.5. The van der Waals surface area contributed by atoms with Crippen LogP contribution in [0.15, 0.2) is 18.2 Å². The lowest BCUT2D eigenvalue weighted by Crippen LogP contribution is -2.47. The van der Waals surface area contributed by atoms with Gasteiger partial charge in [0.1, 0.15) is 0 Å². The fourth-order valence-electron chi connectivity index (χ4n) is 4.73. The monoisotopic (exact) mass is 358 g/mol. The summed E-state index contributed by atoms with van der Waals surface area (Å²) in [5, 5.41) is 0. The minimum Gasteiger partial charge on any atom is -0.0623 e. The van der Waals surface area contributed by atoms with E-state index in [1.165, 1.54) is 16.7 Å². The van der Waals surface area contributed by atoms with Crippen molar-refractivity contribution >= 4 is 0 Å². The molecule has 1 rings (SSSR count). The number of benzene rings is 1. The van der Waals surface area contributed by atoms with Gasteiger partial charge in [-0.1, -0.05) is 107 Å². The average Bonchev–Trinajstić information content (AvgIpc) is 2.41. The van der Waals surface area contributed by atoms with Crippen LogP contribution in [0, 0.1) is 34.5 Å². The van der Waals surface area contributed by atoms with Gasteiger partial charge in [-0.25, -0.2) is 0 Å². The summed E-state index contributed by atoms with van der Waals surface area (Å²) in [6.45, 7) is 31.1. The van der Waals surface area contributed by atoms with Crippen LogP contribution in [0.5, 0.6) is 0 Å². The van der Waals surface area contributed by atoms with Crippen molar-refractivity contribution in [2.75, 3.05) is 0 Å². The third-order valence-corrected chi connectivity index (χ3v) is 7.86. The molecule has 0 aliphatic rings. The molecule has 0 amide bonds. The highest BCUT2D eigenvalue weighted by Crippen LogP contribution is 2.59. The van der Waals surface area contributed by atoms with Gasteiger partial charge in [-0.3, -0.25) is 0 Å². The van der Waals surface area contributed by atoms with Crippen LogP contribution in [-0.4, -0.2) is 0 Å². The Hall–Kier alpha value is -0.780. The maximum atomic E-state index is 2.50. The first-order valence-corrected chi connectivity index (χ1v) is 10.5. The summed E-state index contributed by atoms with van der Waals surface area (Å²) in [6.07, 6.45) is 1.15. The van der Waals surface area contributed by atoms with E-state index in [-0.39, 0.29) is 16.2 Å². The summed E-state index contributed by atoms with van der Waals surface area (Å²) in [7, 11) is 0. The van der Waals surface area contributed by atoms with Crippen molar-refractivity contribution in [2.45, 2.75) is 102 Å². The highest BCUT2D eigenvalue weighted by Gasteiger charge is 2.50. The van der Waals surface area contributed by atoms with E-state index >= 15 is 0 Å². The van der Waals surface area contributed by atoms with Crippen LogP contribution in [0.1, 0.15) is 106 Å². The van der Waals surface area contributed by atoms with Crippen molar-refractivity contribution in [2.24, 2.45) is 27.6 Å². The Morgan fingerprint density at radius 3 is 1.58 bits per heavy atom. The molecule has 0 saturated heterocycles. The topological polar surface area (TPSA) is 0 Å². The Balaban J connectivity index is 3.43. The molecule has 1 aromatic carbocycles. The van der Waals surface area contributed by atoms with Crippen molar-refractivity contribution < 1.29 is 0 Å². The first-order valence-electron chi connectivity index (χ1n) is 10.5. The Kier molecular flexibility index (Phi) is 6.55. The van der Waals surface area contributed by atoms with E-state index in [0.717, 1.165) is 6.42 Å². The highest BCUT2D eigenvalue weighted by atomic mass is 14.5. The Morgan fingerprint density at radius 1 is 0.731 bits per heavy atom. The summed E-state index contributed by atoms with van der Waals surface area (Å²) in [4.78, 5) is 0. The van der Waals surface area contributed by atoms with E-state index in [2.05, 4.69) is 108 Å². The molecular formula is C26H46. The van der Waals surface area contributed by atoms with Crippen molar-refractivity contribution in [3.8, 4) is 0 Å². The molecule has 0 N–H and O–H groups in total. The van der Waals surface area contributed by atoms with Crippen molar-refractivity contribution in [1.82, 2.24) is 0 Å². The van der Waals surface area contributed by atoms with Crippen molar-refractivity contribution in [3.05, 3.63) is 34.9 Å². The molecule has 0 aromatic heterocycles.